The first-order chi connectivity index (χ1) is 14.4. The second-order valence-corrected chi connectivity index (χ2v) is 7.46. The largest absolute Gasteiger partial charge is 0.480 e. The standard InChI is InChI=1S/C20H29N5O4S/c21-8-4-3-7-16(19(27)25-17(11-30)20(28)29)24-18(26)14(22)9-12-10-23-15-6-2-1-5-13(12)15/h1-2,5-6,10,14,16-17,23,30H,3-4,7-9,11,21-22H2,(H,24,26)(H,25,27)(H,28,29)/t14-,16-,17-/m0/s1. The fourth-order valence-electron chi connectivity index (χ4n) is 3.13. The molecule has 1 aromatic heterocycles. The number of para-hydroxylation sites is 1. The number of unbranched alkanes of at least 4 members (excludes halogenated alkanes) is 1. The van der Waals surface area contributed by atoms with Crippen LogP contribution in [0.4, 0.5) is 0 Å². The van der Waals surface area contributed by atoms with E-state index in [4.69, 9.17) is 16.6 Å². The molecule has 2 aromatic rings. The molecule has 8 N–H and O–H groups in total. The number of nitrogens with one attached hydrogen (secondary N) is 3. The molecule has 0 unspecified atom stereocenters. The number of aromatic amines is 1. The molecule has 0 spiro atoms. The third-order valence-electron chi connectivity index (χ3n) is 4.83. The highest BCUT2D eigenvalue weighted by atomic mass is 32.1. The zero-order valence-electron chi connectivity index (χ0n) is 16.6. The van der Waals surface area contributed by atoms with Crippen LogP contribution in [0.1, 0.15) is 24.8 Å². The normalized spacial score (nSPS) is 14.1. The zero-order chi connectivity index (χ0) is 22.1. The first-order valence-corrected chi connectivity index (χ1v) is 10.5. The number of benzene rings is 1. The molecule has 164 valence electrons. The summed E-state index contributed by atoms with van der Waals surface area (Å²) in [6, 6.07) is 4.78. The quantitative estimate of drug-likeness (QED) is 0.185. The number of aromatic nitrogens is 1. The summed E-state index contributed by atoms with van der Waals surface area (Å²) < 4.78 is 0. The minimum atomic E-state index is -1.19. The molecule has 2 rings (SSSR count). The average Bonchev–Trinajstić information content (AvgIpc) is 3.13. The SMILES string of the molecule is NCCCC[C@H](NC(=O)[C@@H](N)Cc1c[nH]c2ccccc12)C(=O)N[C@@H](CS)C(=O)O. The van der Waals surface area contributed by atoms with Gasteiger partial charge in [-0.05, 0) is 43.9 Å². The average molecular weight is 436 g/mol. The molecule has 1 aromatic carbocycles. The Balaban J connectivity index is 2.04. The lowest BCUT2D eigenvalue weighted by atomic mass is 10.0. The molecule has 0 radical (unpaired) electrons. The first kappa shape index (κ1) is 23.7. The third-order valence-corrected chi connectivity index (χ3v) is 5.19. The molecule has 0 aliphatic carbocycles. The van der Waals surface area contributed by atoms with Gasteiger partial charge in [-0.2, -0.15) is 12.6 Å². The van der Waals surface area contributed by atoms with E-state index < -0.39 is 35.9 Å². The Kier molecular flexibility index (Phi) is 9.15. The number of hydrogen-bond donors (Lipinski definition) is 7. The van der Waals surface area contributed by atoms with Crippen molar-refractivity contribution in [2.24, 2.45) is 11.5 Å². The van der Waals surface area contributed by atoms with Crippen LogP contribution in [-0.2, 0) is 20.8 Å². The maximum absolute atomic E-state index is 12.7. The predicted molar refractivity (Wildman–Crippen MR) is 118 cm³/mol. The smallest absolute Gasteiger partial charge is 0.327 e. The van der Waals surface area contributed by atoms with E-state index in [9.17, 15) is 14.4 Å². The fourth-order valence-corrected chi connectivity index (χ4v) is 3.38. The maximum atomic E-state index is 12.7. The Hall–Kier alpha value is -2.56. The van der Waals surface area contributed by atoms with Crippen molar-refractivity contribution in [1.82, 2.24) is 15.6 Å². The number of carbonyl (C=O) groups excluding carboxylic acids is 2. The molecule has 0 bridgehead atoms. The summed E-state index contributed by atoms with van der Waals surface area (Å²) in [6.45, 7) is 0.455. The Labute approximate surface area is 180 Å². The molecule has 3 atom stereocenters. The number of nitrogens with two attached hydrogens (primary N) is 2. The van der Waals surface area contributed by atoms with Gasteiger partial charge in [0.25, 0.3) is 0 Å². The van der Waals surface area contributed by atoms with E-state index in [-0.39, 0.29) is 5.75 Å². The van der Waals surface area contributed by atoms with E-state index in [2.05, 4.69) is 28.2 Å². The van der Waals surface area contributed by atoms with Gasteiger partial charge in [0.15, 0.2) is 0 Å². The number of carbonyl (C=O) groups is 3. The Morgan fingerprint density at radius 1 is 1.10 bits per heavy atom. The molecule has 0 aliphatic rings. The van der Waals surface area contributed by atoms with Crippen LogP contribution in [0.5, 0.6) is 0 Å². The summed E-state index contributed by atoms with van der Waals surface area (Å²) in [6.07, 6.45) is 3.71. The van der Waals surface area contributed by atoms with Crippen molar-refractivity contribution >= 4 is 41.3 Å². The van der Waals surface area contributed by atoms with Crippen molar-refractivity contribution in [3.8, 4) is 0 Å². The van der Waals surface area contributed by atoms with Crippen LogP contribution in [0.3, 0.4) is 0 Å². The van der Waals surface area contributed by atoms with Crippen molar-refractivity contribution in [1.29, 1.82) is 0 Å². The Morgan fingerprint density at radius 3 is 2.47 bits per heavy atom. The lowest BCUT2D eigenvalue weighted by Gasteiger charge is -2.22. The molecular weight excluding hydrogens is 406 g/mol. The molecule has 9 nitrogen and oxygen atoms in total. The molecule has 0 aliphatic heterocycles. The molecular formula is C20H29N5O4S. The van der Waals surface area contributed by atoms with Crippen LogP contribution >= 0.6 is 12.6 Å². The van der Waals surface area contributed by atoms with Crippen molar-refractivity contribution in [3.63, 3.8) is 0 Å². The third kappa shape index (κ3) is 6.48. The highest BCUT2D eigenvalue weighted by Crippen LogP contribution is 2.18. The highest BCUT2D eigenvalue weighted by molar-refractivity contribution is 7.80. The summed E-state index contributed by atoms with van der Waals surface area (Å²) in [4.78, 5) is 39.5. The number of fused-ring (bicyclic) bond motifs is 1. The molecule has 2 amide bonds. The number of rotatable bonds is 12. The van der Waals surface area contributed by atoms with Gasteiger partial charge in [0.2, 0.25) is 11.8 Å². The number of aliphatic carboxylic acids is 1. The Morgan fingerprint density at radius 2 is 1.80 bits per heavy atom. The lowest BCUT2D eigenvalue weighted by molar-refractivity contribution is -0.141. The number of carboxylic acids is 1. The fraction of sp³-hybridized carbons (Fsp3) is 0.450. The van der Waals surface area contributed by atoms with E-state index in [1.165, 1.54) is 0 Å². The van der Waals surface area contributed by atoms with Crippen LogP contribution in [0.25, 0.3) is 10.9 Å². The topological polar surface area (TPSA) is 163 Å². The molecule has 0 saturated carbocycles. The summed E-state index contributed by atoms with van der Waals surface area (Å²) >= 11 is 3.94. The van der Waals surface area contributed by atoms with E-state index in [0.29, 0.717) is 32.2 Å². The van der Waals surface area contributed by atoms with Crippen LogP contribution in [-0.4, -0.2) is 58.3 Å². The van der Waals surface area contributed by atoms with Crippen molar-refractivity contribution < 1.29 is 19.5 Å². The van der Waals surface area contributed by atoms with Crippen LogP contribution in [0.15, 0.2) is 30.5 Å². The van der Waals surface area contributed by atoms with E-state index in [0.717, 1.165) is 16.5 Å². The van der Waals surface area contributed by atoms with Crippen LogP contribution in [0, 0.1) is 0 Å². The van der Waals surface area contributed by atoms with Gasteiger partial charge in [0, 0.05) is 22.9 Å². The van der Waals surface area contributed by atoms with Gasteiger partial charge >= 0.3 is 5.97 Å². The first-order valence-electron chi connectivity index (χ1n) is 9.82. The molecule has 0 saturated heterocycles. The maximum Gasteiger partial charge on any atom is 0.327 e. The number of carboxylic acid groups (broad SMARTS) is 1. The second kappa shape index (κ2) is 11.6. The van der Waals surface area contributed by atoms with E-state index in [1.54, 1.807) is 0 Å². The predicted octanol–water partition coefficient (Wildman–Crippen LogP) is 0.151. The summed E-state index contributed by atoms with van der Waals surface area (Å²) in [5.41, 5.74) is 13.5. The zero-order valence-corrected chi connectivity index (χ0v) is 17.5. The van der Waals surface area contributed by atoms with Crippen molar-refractivity contribution in [2.45, 2.75) is 43.8 Å². The number of H-pyrrole nitrogens is 1. The molecule has 10 heteroatoms. The molecule has 0 fully saturated rings. The minimum absolute atomic E-state index is 0.0649. The number of amides is 2. The van der Waals surface area contributed by atoms with E-state index >= 15 is 0 Å². The molecule has 1 heterocycles. The van der Waals surface area contributed by atoms with Crippen molar-refractivity contribution in [3.05, 3.63) is 36.0 Å². The van der Waals surface area contributed by atoms with Crippen LogP contribution in [0.2, 0.25) is 0 Å². The number of thiol groups is 1. The lowest BCUT2D eigenvalue weighted by Crippen LogP contribution is -2.55. The summed E-state index contributed by atoms with van der Waals surface area (Å²) in [7, 11) is 0. The van der Waals surface area contributed by atoms with Gasteiger partial charge in [-0.3, -0.25) is 9.59 Å². The van der Waals surface area contributed by atoms with Gasteiger partial charge in [0.05, 0.1) is 6.04 Å². The molecule has 30 heavy (non-hydrogen) atoms. The van der Waals surface area contributed by atoms with Gasteiger partial charge < -0.3 is 32.2 Å². The van der Waals surface area contributed by atoms with Gasteiger partial charge in [-0.1, -0.05) is 18.2 Å². The summed E-state index contributed by atoms with van der Waals surface area (Å²) in [5, 5.41) is 15.2. The van der Waals surface area contributed by atoms with Gasteiger partial charge in [0.1, 0.15) is 12.1 Å². The monoisotopic (exact) mass is 435 g/mol. The second-order valence-electron chi connectivity index (χ2n) is 7.10. The Bertz CT molecular complexity index is 872. The summed E-state index contributed by atoms with van der Waals surface area (Å²) in [5.74, 6) is -2.32. The number of hydrogen-bond acceptors (Lipinski definition) is 6. The van der Waals surface area contributed by atoms with Gasteiger partial charge in [-0.15, -0.1) is 0 Å². The minimum Gasteiger partial charge on any atom is -0.480 e. The highest BCUT2D eigenvalue weighted by Gasteiger charge is 2.27. The van der Waals surface area contributed by atoms with Gasteiger partial charge in [-0.25, -0.2) is 4.79 Å². The van der Waals surface area contributed by atoms with Crippen LogP contribution < -0.4 is 22.1 Å². The van der Waals surface area contributed by atoms with Crippen molar-refractivity contribution in [2.75, 3.05) is 12.3 Å². The van der Waals surface area contributed by atoms with E-state index in [1.807, 2.05) is 30.5 Å².